The van der Waals surface area contributed by atoms with Gasteiger partial charge in [-0.1, -0.05) is 35.7 Å². The van der Waals surface area contributed by atoms with Gasteiger partial charge in [-0.3, -0.25) is 0 Å². The molecule has 2 fully saturated rings. The largest absolute Gasteiger partial charge is 0.504 e. The topological polar surface area (TPSA) is 98.7 Å². The molecule has 0 radical (unpaired) electrons. The van der Waals surface area contributed by atoms with Gasteiger partial charge < -0.3 is 20.6 Å². The number of hydrogen-bond acceptors (Lipinski definition) is 5. The molecule has 3 aliphatic rings. The summed E-state index contributed by atoms with van der Waals surface area (Å²) < 4.78 is 35.7. The van der Waals surface area contributed by atoms with Crippen molar-refractivity contribution in [2.24, 2.45) is 0 Å². The van der Waals surface area contributed by atoms with Crippen molar-refractivity contribution in [3.05, 3.63) is 28.3 Å². The number of carbonyl (C=O) groups is 1. The van der Waals surface area contributed by atoms with E-state index in [1.54, 1.807) is 0 Å². The summed E-state index contributed by atoms with van der Waals surface area (Å²) in [5.74, 6) is -0.659. The van der Waals surface area contributed by atoms with Crippen LogP contribution in [0.15, 0.2) is 28.1 Å². The molecule has 4 rings (SSSR count). The summed E-state index contributed by atoms with van der Waals surface area (Å²) in [6.45, 7) is 1.03. The lowest BCUT2D eigenvalue weighted by molar-refractivity contribution is 0.106. The van der Waals surface area contributed by atoms with Crippen LogP contribution in [0.1, 0.15) is 46.3 Å². The van der Waals surface area contributed by atoms with E-state index < -0.39 is 31.7 Å². The van der Waals surface area contributed by atoms with E-state index in [-0.39, 0.29) is 29.6 Å². The number of urea groups is 1. The van der Waals surface area contributed by atoms with Gasteiger partial charge in [-0.05, 0) is 63.7 Å². The Labute approximate surface area is 194 Å². The monoisotopic (exact) mass is 488 g/mol. The molecule has 0 spiro atoms. The van der Waals surface area contributed by atoms with E-state index in [1.807, 2.05) is 6.08 Å². The fourth-order valence-corrected chi connectivity index (χ4v) is 6.76. The van der Waals surface area contributed by atoms with Crippen LogP contribution in [0.25, 0.3) is 0 Å². The molecular weight excluding hydrogens is 461 g/mol. The zero-order valence-corrected chi connectivity index (χ0v) is 19.4. The SMILES string of the molecule is [2H]C1(S(=O)(=O)c2c(Cl)ccc(NC(=O)N[C@@H]3CCC=C3Cl)c2O)CCN(C2CCC2)CC1. The highest BCUT2D eigenvalue weighted by Gasteiger charge is 2.37. The van der Waals surface area contributed by atoms with Gasteiger partial charge in [0.15, 0.2) is 15.6 Å². The standard InChI is InChI=1S/C21H27Cl2N3O4S/c22-15-5-2-6-17(15)24-21(28)25-18-8-7-16(23)20(19(18)27)31(29,30)14-9-11-26(12-10-14)13-3-1-4-13/h5,7-8,13-14,17,27H,1-4,6,9-12H2,(H2,24,25,28)/t17-/m1/s1/i14D. The number of allylic oxidation sites excluding steroid dienone is 1. The minimum Gasteiger partial charge on any atom is -0.504 e. The Kier molecular flexibility index (Phi) is 6.32. The van der Waals surface area contributed by atoms with Gasteiger partial charge >= 0.3 is 6.03 Å². The molecule has 0 bridgehead atoms. The summed E-state index contributed by atoms with van der Waals surface area (Å²) in [6, 6.07) is 2.16. The van der Waals surface area contributed by atoms with Gasteiger partial charge in [-0.15, -0.1) is 0 Å². The molecule has 7 nitrogen and oxygen atoms in total. The number of sulfone groups is 1. The number of aromatic hydroxyl groups is 1. The highest BCUT2D eigenvalue weighted by Crippen LogP contribution is 2.41. The number of anilines is 1. The molecule has 1 atom stereocenters. The van der Waals surface area contributed by atoms with Gasteiger partial charge in [0, 0.05) is 12.4 Å². The molecule has 10 heteroatoms. The van der Waals surface area contributed by atoms with Crippen LogP contribution < -0.4 is 10.6 Å². The van der Waals surface area contributed by atoms with Crippen molar-refractivity contribution in [3.8, 4) is 5.75 Å². The first-order valence-corrected chi connectivity index (χ1v) is 12.8. The average molecular weight is 489 g/mol. The number of halogens is 2. The van der Waals surface area contributed by atoms with E-state index in [2.05, 4.69) is 15.5 Å². The number of amides is 2. The predicted molar refractivity (Wildman–Crippen MR) is 122 cm³/mol. The molecule has 0 aromatic heterocycles. The number of carbonyl (C=O) groups excluding carboxylic acids is 1. The van der Waals surface area contributed by atoms with Gasteiger partial charge in [0.1, 0.15) is 4.90 Å². The first-order chi connectivity index (χ1) is 15.1. The molecule has 1 aliphatic heterocycles. The van der Waals surface area contributed by atoms with E-state index >= 15 is 0 Å². The van der Waals surface area contributed by atoms with Gasteiger partial charge in [-0.2, -0.15) is 0 Å². The number of phenols is 1. The lowest BCUT2D eigenvalue weighted by atomic mass is 9.90. The number of likely N-dealkylation sites (tertiary alicyclic amines) is 1. The van der Waals surface area contributed by atoms with Crippen LogP contribution in [0, 0.1) is 0 Å². The van der Waals surface area contributed by atoms with Crippen molar-refractivity contribution in [2.75, 3.05) is 18.4 Å². The number of benzene rings is 1. The summed E-state index contributed by atoms with van der Waals surface area (Å²) in [5, 5.41) is 14.5. The van der Waals surface area contributed by atoms with Crippen LogP contribution in [0.4, 0.5) is 10.5 Å². The summed E-state index contributed by atoms with van der Waals surface area (Å²) in [5.41, 5.74) is -0.0981. The van der Waals surface area contributed by atoms with E-state index in [4.69, 9.17) is 24.6 Å². The fraction of sp³-hybridized carbons (Fsp3) is 0.571. The average Bonchev–Trinajstić information content (AvgIpc) is 3.09. The molecular formula is C21H27Cl2N3O4S. The van der Waals surface area contributed by atoms with Crippen molar-refractivity contribution in [1.82, 2.24) is 10.2 Å². The van der Waals surface area contributed by atoms with Crippen LogP contribution in [0.3, 0.4) is 0 Å². The minimum absolute atomic E-state index is 0.0981. The quantitative estimate of drug-likeness (QED) is 0.538. The Hall–Kier alpha value is -1.48. The Morgan fingerprint density at radius 1 is 1.16 bits per heavy atom. The Balaban J connectivity index is 1.53. The minimum atomic E-state index is -4.29. The third-order valence-electron chi connectivity index (χ3n) is 6.36. The number of piperidine rings is 1. The van der Waals surface area contributed by atoms with Crippen LogP contribution in [-0.4, -0.2) is 54.9 Å². The lowest BCUT2D eigenvalue weighted by Crippen LogP contribution is -2.47. The second kappa shape index (κ2) is 9.17. The third-order valence-corrected chi connectivity index (χ3v) is 9.32. The maximum atomic E-state index is 13.5. The summed E-state index contributed by atoms with van der Waals surface area (Å²) in [6.07, 6.45) is 6.91. The van der Waals surface area contributed by atoms with Gasteiger partial charge in [-0.25, -0.2) is 13.2 Å². The smallest absolute Gasteiger partial charge is 0.319 e. The molecule has 2 aliphatic carbocycles. The number of nitrogens with zero attached hydrogens (tertiary/aromatic N) is 1. The number of rotatable bonds is 5. The van der Waals surface area contributed by atoms with Crippen molar-refractivity contribution in [1.29, 1.82) is 0 Å². The third kappa shape index (κ3) is 4.67. The van der Waals surface area contributed by atoms with Crippen molar-refractivity contribution < 1.29 is 19.7 Å². The molecule has 1 saturated carbocycles. The molecule has 3 N–H and O–H groups in total. The molecule has 1 aromatic rings. The van der Waals surface area contributed by atoms with Crippen molar-refractivity contribution >= 4 is 44.8 Å². The molecule has 1 saturated heterocycles. The zero-order chi connectivity index (χ0) is 23.1. The first kappa shape index (κ1) is 21.4. The summed E-state index contributed by atoms with van der Waals surface area (Å²) in [7, 11) is -4.29. The highest BCUT2D eigenvalue weighted by molar-refractivity contribution is 7.92. The van der Waals surface area contributed by atoms with Crippen molar-refractivity contribution in [3.63, 3.8) is 0 Å². The van der Waals surface area contributed by atoms with Gasteiger partial charge in [0.25, 0.3) is 0 Å². The maximum Gasteiger partial charge on any atom is 0.319 e. The van der Waals surface area contributed by atoms with Crippen LogP contribution >= 0.6 is 23.2 Å². The second-order valence-corrected chi connectivity index (χ2v) is 11.1. The predicted octanol–water partition coefficient (Wildman–Crippen LogP) is 4.24. The molecule has 31 heavy (non-hydrogen) atoms. The molecule has 2 amide bonds. The van der Waals surface area contributed by atoms with Crippen LogP contribution in [0.5, 0.6) is 5.75 Å². The Bertz CT molecular complexity index is 1040. The van der Waals surface area contributed by atoms with E-state index in [0.717, 1.165) is 19.3 Å². The number of phenolic OH excluding ortho intramolecular Hbond substituents is 1. The highest BCUT2D eigenvalue weighted by atomic mass is 35.5. The van der Waals surface area contributed by atoms with Crippen LogP contribution in [-0.2, 0) is 9.84 Å². The zero-order valence-electron chi connectivity index (χ0n) is 18.0. The lowest BCUT2D eigenvalue weighted by Gasteiger charge is -2.41. The fourth-order valence-electron chi connectivity index (χ4n) is 4.33. The molecule has 170 valence electrons. The normalized spacial score (nSPS) is 24.8. The summed E-state index contributed by atoms with van der Waals surface area (Å²) in [4.78, 5) is 14.1. The molecule has 1 aromatic carbocycles. The number of nitrogens with one attached hydrogen (secondary N) is 2. The maximum absolute atomic E-state index is 13.5. The van der Waals surface area contributed by atoms with E-state index in [0.29, 0.717) is 30.6 Å². The Morgan fingerprint density at radius 3 is 2.45 bits per heavy atom. The first-order valence-electron chi connectivity index (χ1n) is 11.1. The number of hydrogen-bond donors (Lipinski definition) is 3. The van der Waals surface area contributed by atoms with Gasteiger partial charge in [0.05, 0.1) is 22.0 Å². The second-order valence-electron chi connectivity index (χ2n) is 8.25. The van der Waals surface area contributed by atoms with Crippen LogP contribution in [0.2, 0.25) is 5.02 Å². The van der Waals surface area contributed by atoms with Crippen molar-refractivity contribution in [2.45, 2.75) is 67.2 Å². The Morgan fingerprint density at radius 2 is 1.87 bits per heavy atom. The molecule has 1 heterocycles. The molecule has 0 unspecified atom stereocenters. The van der Waals surface area contributed by atoms with E-state index in [9.17, 15) is 18.3 Å². The summed E-state index contributed by atoms with van der Waals surface area (Å²) >= 11 is 12.2. The van der Waals surface area contributed by atoms with Gasteiger partial charge in [0.2, 0.25) is 0 Å². The van der Waals surface area contributed by atoms with E-state index in [1.165, 1.54) is 18.6 Å².